The molecular weight excluding hydrogens is 222 g/mol. The summed E-state index contributed by atoms with van der Waals surface area (Å²) < 4.78 is 0. The molecule has 0 aliphatic carbocycles. The number of benzene rings is 1. The Kier molecular flexibility index (Phi) is 3.33. The van der Waals surface area contributed by atoms with E-state index in [1.54, 1.807) is 0 Å². The van der Waals surface area contributed by atoms with Gasteiger partial charge in [-0.25, -0.2) is 9.97 Å². The zero-order valence-electron chi connectivity index (χ0n) is 10.3. The predicted molar refractivity (Wildman–Crippen MR) is 72.3 cm³/mol. The maximum Gasteiger partial charge on any atom is 0.133 e. The minimum absolute atomic E-state index is 0.461. The van der Waals surface area contributed by atoms with Crippen molar-refractivity contribution in [2.75, 3.05) is 13.1 Å². The third-order valence-electron chi connectivity index (χ3n) is 3.41. The lowest BCUT2D eigenvalue weighted by molar-refractivity contribution is 0.447. The summed E-state index contributed by atoms with van der Waals surface area (Å²) in [5, 5.41) is 3.41. The molecule has 1 aliphatic heterocycles. The number of piperidine rings is 1. The van der Waals surface area contributed by atoms with Gasteiger partial charge in [0, 0.05) is 24.2 Å². The van der Waals surface area contributed by atoms with Gasteiger partial charge in [0.1, 0.15) is 5.82 Å². The van der Waals surface area contributed by atoms with Crippen LogP contribution >= 0.6 is 0 Å². The molecule has 1 aromatic heterocycles. The molecule has 1 aliphatic rings. The third-order valence-corrected chi connectivity index (χ3v) is 3.41. The molecule has 1 saturated heterocycles. The summed E-state index contributed by atoms with van der Waals surface area (Å²) in [6.07, 6.45) is 4.27. The molecule has 3 rings (SSSR count). The molecule has 1 aromatic carbocycles. The highest BCUT2D eigenvalue weighted by molar-refractivity contribution is 5.58. The van der Waals surface area contributed by atoms with Gasteiger partial charge < -0.3 is 5.32 Å². The lowest BCUT2D eigenvalue weighted by Gasteiger charge is -2.21. The first-order valence-electron chi connectivity index (χ1n) is 6.52. The molecule has 1 atom stereocenters. The maximum atomic E-state index is 4.72. The molecule has 92 valence electrons. The molecule has 18 heavy (non-hydrogen) atoms. The van der Waals surface area contributed by atoms with Crippen molar-refractivity contribution >= 4 is 0 Å². The molecule has 2 heterocycles. The van der Waals surface area contributed by atoms with Crippen molar-refractivity contribution < 1.29 is 0 Å². The van der Waals surface area contributed by atoms with Gasteiger partial charge in [0.05, 0.1) is 5.69 Å². The number of nitrogens with zero attached hydrogens (tertiary/aromatic N) is 2. The molecule has 0 radical (unpaired) electrons. The zero-order valence-corrected chi connectivity index (χ0v) is 10.3. The van der Waals surface area contributed by atoms with Crippen LogP contribution in [0.5, 0.6) is 0 Å². The van der Waals surface area contributed by atoms with Crippen molar-refractivity contribution in [3.05, 3.63) is 48.4 Å². The van der Waals surface area contributed by atoms with Crippen molar-refractivity contribution in [1.29, 1.82) is 0 Å². The van der Waals surface area contributed by atoms with E-state index in [4.69, 9.17) is 4.98 Å². The van der Waals surface area contributed by atoms with E-state index in [2.05, 4.69) is 22.4 Å². The van der Waals surface area contributed by atoms with E-state index in [1.165, 1.54) is 12.8 Å². The van der Waals surface area contributed by atoms with Gasteiger partial charge in [-0.05, 0) is 25.5 Å². The second-order valence-corrected chi connectivity index (χ2v) is 4.71. The SMILES string of the molecule is c1ccc(-c2ccnc(C3CCCNC3)n2)cc1. The van der Waals surface area contributed by atoms with Gasteiger partial charge in [0.2, 0.25) is 0 Å². The lowest BCUT2D eigenvalue weighted by atomic mass is 9.98. The molecule has 2 aromatic rings. The van der Waals surface area contributed by atoms with Gasteiger partial charge in [0.15, 0.2) is 0 Å². The molecule has 0 saturated carbocycles. The van der Waals surface area contributed by atoms with Crippen LogP contribution in [0.3, 0.4) is 0 Å². The molecule has 1 unspecified atom stereocenters. The summed E-state index contributed by atoms with van der Waals surface area (Å²) in [5.74, 6) is 1.44. The van der Waals surface area contributed by atoms with E-state index in [0.29, 0.717) is 5.92 Å². The summed E-state index contributed by atoms with van der Waals surface area (Å²) in [6.45, 7) is 2.12. The Balaban J connectivity index is 1.89. The third kappa shape index (κ3) is 2.41. The Morgan fingerprint density at radius 3 is 2.78 bits per heavy atom. The Hall–Kier alpha value is -1.74. The quantitative estimate of drug-likeness (QED) is 0.875. The number of hydrogen-bond acceptors (Lipinski definition) is 3. The van der Waals surface area contributed by atoms with Crippen molar-refractivity contribution in [3.8, 4) is 11.3 Å². The smallest absolute Gasteiger partial charge is 0.133 e. The minimum Gasteiger partial charge on any atom is -0.316 e. The normalized spacial score (nSPS) is 19.7. The Labute approximate surface area is 107 Å². The van der Waals surface area contributed by atoms with Crippen LogP contribution in [0, 0.1) is 0 Å². The van der Waals surface area contributed by atoms with E-state index >= 15 is 0 Å². The molecule has 1 N–H and O–H groups in total. The van der Waals surface area contributed by atoms with Crippen LogP contribution in [-0.4, -0.2) is 23.1 Å². The molecule has 3 nitrogen and oxygen atoms in total. The first-order valence-corrected chi connectivity index (χ1v) is 6.52. The summed E-state index contributed by atoms with van der Waals surface area (Å²) in [4.78, 5) is 9.15. The fourth-order valence-electron chi connectivity index (χ4n) is 2.41. The highest BCUT2D eigenvalue weighted by Crippen LogP contribution is 2.22. The fourth-order valence-corrected chi connectivity index (χ4v) is 2.41. The zero-order chi connectivity index (χ0) is 12.2. The highest BCUT2D eigenvalue weighted by atomic mass is 14.9. The Bertz CT molecular complexity index is 504. The average Bonchev–Trinajstić information content (AvgIpc) is 2.49. The highest BCUT2D eigenvalue weighted by Gasteiger charge is 2.17. The molecule has 1 fully saturated rings. The maximum absolute atomic E-state index is 4.72. The van der Waals surface area contributed by atoms with Gasteiger partial charge in [-0.1, -0.05) is 30.3 Å². The predicted octanol–water partition coefficient (Wildman–Crippen LogP) is 2.61. The van der Waals surface area contributed by atoms with E-state index in [0.717, 1.165) is 30.2 Å². The number of nitrogens with one attached hydrogen (secondary N) is 1. The molecule has 3 heteroatoms. The van der Waals surface area contributed by atoms with E-state index in [9.17, 15) is 0 Å². The second kappa shape index (κ2) is 5.27. The van der Waals surface area contributed by atoms with Crippen LogP contribution in [0.2, 0.25) is 0 Å². The molecule has 0 spiro atoms. The Morgan fingerprint density at radius 2 is 2.00 bits per heavy atom. The summed E-state index contributed by atoms with van der Waals surface area (Å²) in [7, 11) is 0. The fraction of sp³-hybridized carbons (Fsp3) is 0.333. The molecule has 0 bridgehead atoms. The first-order chi connectivity index (χ1) is 8.93. The number of rotatable bonds is 2. The number of aromatic nitrogens is 2. The van der Waals surface area contributed by atoms with Gasteiger partial charge in [-0.3, -0.25) is 0 Å². The summed E-state index contributed by atoms with van der Waals surface area (Å²) in [6, 6.07) is 12.3. The minimum atomic E-state index is 0.461. The van der Waals surface area contributed by atoms with E-state index in [-0.39, 0.29) is 0 Å². The standard InChI is InChI=1S/C15H17N3/c1-2-5-12(6-3-1)14-8-10-17-15(18-14)13-7-4-9-16-11-13/h1-3,5-6,8,10,13,16H,4,7,9,11H2. The van der Waals surface area contributed by atoms with Crippen LogP contribution in [0.15, 0.2) is 42.6 Å². The van der Waals surface area contributed by atoms with Crippen LogP contribution in [0.25, 0.3) is 11.3 Å². The largest absolute Gasteiger partial charge is 0.316 e. The van der Waals surface area contributed by atoms with Crippen molar-refractivity contribution in [2.45, 2.75) is 18.8 Å². The van der Waals surface area contributed by atoms with Gasteiger partial charge in [-0.15, -0.1) is 0 Å². The topological polar surface area (TPSA) is 37.8 Å². The summed E-state index contributed by atoms with van der Waals surface area (Å²) >= 11 is 0. The van der Waals surface area contributed by atoms with Crippen LogP contribution < -0.4 is 5.32 Å². The van der Waals surface area contributed by atoms with Crippen LogP contribution in [0.1, 0.15) is 24.6 Å². The van der Waals surface area contributed by atoms with E-state index < -0.39 is 0 Å². The van der Waals surface area contributed by atoms with Crippen LogP contribution in [-0.2, 0) is 0 Å². The van der Waals surface area contributed by atoms with Crippen molar-refractivity contribution in [3.63, 3.8) is 0 Å². The van der Waals surface area contributed by atoms with Crippen LogP contribution in [0.4, 0.5) is 0 Å². The number of hydrogen-bond donors (Lipinski definition) is 1. The van der Waals surface area contributed by atoms with Gasteiger partial charge in [-0.2, -0.15) is 0 Å². The van der Waals surface area contributed by atoms with E-state index in [1.807, 2.05) is 30.5 Å². The van der Waals surface area contributed by atoms with Gasteiger partial charge >= 0.3 is 0 Å². The first kappa shape index (κ1) is 11.4. The molecule has 0 amide bonds. The average molecular weight is 239 g/mol. The summed E-state index contributed by atoms with van der Waals surface area (Å²) in [5.41, 5.74) is 2.18. The van der Waals surface area contributed by atoms with Crippen molar-refractivity contribution in [2.24, 2.45) is 0 Å². The monoisotopic (exact) mass is 239 g/mol. The molecular formula is C15H17N3. The second-order valence-electron chi connectivity index (χ2n) is 4.71. The van der Waals surface area contributed by atoms with Gasteiger partial charge in [0.25, 0.3) is 0 Å². The lowest BCUT2D eigenvalue weighted by Crippen LogP contribution is -2.29. The Morgan fingerprint density at radius 1 is 1.11 bits per heavy atom. The van der Waals surface area contributed by atoms with Crippen molar-refractivity contribution in [1.82, 2.24) is 15.3 Å².